The van der Waals surface area contributed by atoms with Crippen molar-refractivity contribution in [1.29, 1.82) is 0 Å². The second-order valence-corrected chi connectivity index (χ2v) is 6.79. The second-order valence-electron chi connectivity index (χ2n) is 6.79. The number of anilines is 1. The monoisotopic (exact) mass is 405 g/mol. The fourth-order valence-electron chi connectivity index (χ4n) is 3.44. The first kappa shape index (κ1) is 20.9. The first-order chi connectivity index (χ1) is 13.9. The van der Waals surface area contributed by atoms with Gasteiger partial charge < -0.3 is 4.90 Å². The minimum Gasteiger partial charge on any atom is -0.368 e. The fraction of sp³-hybridized carbons (Fsp3) is 0.286. The van der Waals surface area contributed by atoms with Crippen LogP contribution in [0, 0.1) is 0 Å². The lowest BCUT2D eigenvalue weighted by Crippen LogP contribution is -2.46. The molecule has 8 heteroatoms. The molecule has 2 N–H and O–H groups in total. The molecular weight excluding hydrogens is 383 g/mol. The average molecular weight is 405 g/mol. The highest BCUT2D eigenvalue weighted by atomic mass is 19.4. The zero-order valence-corrected chi connectivity index (χ0v) is 15.7. The minimum absolute atomic E-state index is 0.252. The van der Waals surface area contributed by atoms with E-state index in [0.717, 1.165) is 17.3 Å². The van der Waals surface area contributed by atoms with E-state index in [9.17, 15) is 18.0 Å². The lowest BCUT2D eigenvalue weighted by molar-refractivity contribution is -0.138. The fourth-order valence-corrected chi connectivity index (χ4v) is 3.44. The molecule has 5 nitrogen and oxygen atoms in total. The average Bonchev–Trinajstić information content (AvgIpc) is 2.72. The molecule has 0 atom stereocenters. The summed E-state index contributed by atoms with van der Waals surface area (Å²) in [6, 6.07) is 13.2. The van der Waals surface area contributed by atoms with Crippen molar-refractivity contribution in [2.45, 2.75) is 12.7 Å². The summed E-state index contributed by atoms with van der Waals surface area (Å²) in [6.07, 6.45) is -1.50. The molecule has 1 aliphatic rings. The molecule has 0 saturated carbocycles. The zero-order valence-electron chi connectivity index (χ0n) is 15.7. The number of rotatable bonds is 5. The van der Waals surface area contributed by atoms with E-state index in [4.69, 9.17) is 5.21 Å². The molecule has 1 aliphatic heterocycles. The van der Waals surface area contributed by atoms with Crippen molar-refractivity contribution < 1.29 is 23.2 Å². The Hall–Kier alpha value is -2.84. The van der Waals surface area contributed by atoms with Gasteiger partial charge in [-0.25, -0.2) is 5.48 Å². The van der Waals surface area contributed by atoms with Gasteiger partial charge in [0.2, 0.25) is 0 Å². The van der Waals surface area contributed by atoms with E-state index in [2.05, 4.69) is 4.90 Å². The number of alkyl halides is 3. The van der Waals surface area contributed by atoms with E-state index >= 15 is 0 Å². The molecule has 1 heterocycles. The number of para-hydroxylation sites is 1. The van der Waals surface area contributed by atoms with E-state index in [1.807, 2.05) is 29.2 Å². The van der Waals surface area contributed by atoms with Crippen molar-refractivity contribution in [3.63, 3.8) is 0 Å². The highest BCUT2D eigenvalue weighted by molar-refractivity contribution is 5.91. The third kappa shape index (κ3) is 5.36. The van der Waals surface area contributed by atoms with Crippen molar-refractivity contribution >= 4 is 17.7 Å². The van der Waals surface area contributed by atoms with E-state index in [0.29, 0.717) is 26.2 Å². The normalized spacial score (nSPS) is 15.7. The zero-order chi connectivity index (χ0) is 20.9. The third-order valence-corrected chi connectivity index (χ3v) is 4.89. The first-order valence-corrected chi connectivity index (χ1v) is 9.22. The van der Waals surface area contributed by atoms with Crippen molar-refractivity contribution in [1.82, 2.24) is 10.4 Å². The van der Waals surface area contributed by atoms with Gasteiger partial charge in [-0.1, -0.05) is 36.4 Å². The van der Waals surface area contributed by atoms with E-state index in [1.54, 1.807) is 17.6 Å². The molecule has 29 heavy (non-hydrogen) atoms. The maximum absolute atomic E-state index is 13.2. The number of halogens is 3. The lowest BCUT2D eigenvalue weighted by atomic mass is 10.1. The smallest absolute Gasteiger partial charge is 0.368 e. The van der Waals surface area contributed by atoms with Crippen molar-refractivity contribution in [3.8, 4) is 0 Å². The molecule has 2 aromatic rings. The SMILES string of the molecule is O=C(C=Cc1ccccc1N1CCN(Cc2ccccc2C(F)(F)F)CC1)NO. The molecule has 0 radical (unpaired) electrons. The van der Waals surface area contributed by atoms with Crippen LogP contribution in [0.15, 0.2) is 54.6 Å². The summed E-state index contributed by atoms with van der Waals surface area (Å²) in [6.45, 7) is 2.82. The number of carbonyl (C=O) groups is 1. The van der Waals surface area contributed by atoms with E-state index < -0.39 is 17.6 Å². The summed E-state index contributed by atoms with van der Waals surface area (Å²) in [7, 11) is 0. The Morgan fingerprint density at radius 1 is 1.03 bits per heavy atom. The van der Waals surface area contributed by atoms with Gasteiger partial charge in [-0.15, -0.1) is 0 Å². The molecule has 1 fully saturated rings. The van der Waals surface area contributed by atoms with Crippen LogP contribution in [0.5, 0.6) is 0 Å². The van der Waals surface area contributed by atoms with Gasteiger partial charge in [0.1, 0.15) is 0 Å². The molecule has 2 aromatic carbocycles. The van der Waals surface area contributed by atoms with Gasteiger partial charge in [0.15, 0.2) is 0 Å². The van der Waals surface area contributed by atoms with Gasteiger partial charge in [0.25, 0.3) is 5.91 Å². The van der Waals surface area contributed by atoms with E-state index in [-0.39, 0.29) is 12.1 Å². The summed E-state index contributed by atoms with van der Waals surface area (Å²) in [5.41, 5.74) is 3.01. The number of benzene rings is 2. The van der Waals surface area contributed by atoms with Crippen LogP contribution in [0.1, 0.15) is 16.7 Å². The third-order valence-electron chi connectivity index (χ3n) is 4.89. The molecule has 1 amide bonds. The van der Waals surface area contributed by atoms with Gasteiger partial charge in [-0.2, -0.15) is 13.2 Å². The highest BCUT2D eigenvalue weighted by Crippen LogP contribution is 2.32. The topological polar surface area (TPSA) is 55.8 Å². The Morgan fingerprint density at radius 3 is 2.38 bits per heavy atom. The second kappa shape index (κ2) is 9.11. The minimum atomic E-state index is -4.36. The van der Waals surface area contributed by atoms with Crippen molar-refractivity contribution in [3.05, 3.63) is 71.3 Å². The Morgan fingerprint density at radius 2 is 1.69 bits per heavy atom. The summed E-state index contributed by atoms with van der Waals surface area (Å²) in [5.74, 6) is -0.618. The Balaban J connectivity index is 1.67. The van der Waals surface area contributed by atoms with Crippen LogP contribution in [-0.2, 0) is 17.5 Å². The molecule has 0 aromatic heterocycles. The van der Waals surface area contributed by atoms with Gasteiger partial charge >= 0.3 is 6.18 Å². The maximum atomic E-state index is 13.2. The van der Waals surface area contributed by atoms with Crippen molar-refractivity contribution in [2.75, 3.05) is 31.1 Å². The lowest BCUT2D eigenvalue weighted by Gasteiger charge is -2.37. The molecule has 154 valence electrons. The van der Waals surface area contributed by atoms with Crippen LogP contribution in [0.25, 0.3) is 6.08 Å². The number of hydroxylamine groups is 1. The van der Waals surface area contributed by atoms with Crippen molar-refractivity contribution in [2.24, 2.45) is 0 Å². The maximum Gasteiger partial charge on any atom is 0.416 e. The largest absolute Gasteiger partial charge is 0.416 e. The van der Waals surface area contributed by atoms with Gasteiger partial charge in [-0.3, -0.25) is 14.9 Å². The number of carbonyl (C=O) groups excluding carboxylic acids is 1. The van der Waals surface area contributed by atoms with Crippen LogP contribution in [0.2, 0.25) is 0 Å². The van der Waals surface area contributed by atoms with Crippen LogP contribution in [0.4, 0.5) is 18.9 Å². The van der Waals surface area contributed by atoms with Crippen LogP contribution in [-0.4, -0.2) is 42.2 Å². The van der Waals surface area contributed by atoms with E-state index in [1.165, 1.54) is 18.2 Å². The Bertz CT molecular complexity index is 875. The number of hydrogen-bond donors (Lipinski definition) is 2. The molecule has 0 unspecified atom stereocenters. The summed E-state index contributed by atoms with van der Waals surface area (Å²) < 4.78 is 39.6. The quantitative estimate of drug-likeness (QED) is 0.454. The first-order valence-electron chi connectivity index (χ1n) is 9.22. The molecule has 0 spiro atoms. The van der Waals surface area contributed by atoms with Gasteiger partial charge in [0.05, 0.1) is 5.56 Å². The van der Waals surface area contributed by atoms with Crippen LogP contribution >= 0.6 is 0 Å². The molecule has 1 saturated heterocycles. The Kier molecular flexibility index (Phi) is 6.56. The number of amides is 1. The number of hydrogen-bond acceptors (Lipinski definition) is 4. The van der Waals surface area contributed by atoms with Gasteiger partial charge in [-0.05, 0) is 29.3 Å². The molecule has 3 rings (SSSR count). The predicted octanol–water partition coefficient (Wildman–Crippen LogP) is 3.55. The standard InChI is InChI=1S/C21H22F3N3O2/c22-21(23,24)18-7-3-1-6-17(18)15-26-11-13-27(14-12-26)19-8-4-2-5-16(19)9-10-20(28)25-29/h1-10,29H,11-15H2,(H,25,28). The summed E-state index contributed by atoms with van der Waals surface area (Å²) in [5, 5.41) is 8.61. The highest BCUT2D eigenvalue weighted by Gasteiger charge is 2.33. The van der Waals surface area contributed by atoms with Gasteiger partial charge in [0, 0.05) is 44.5 Å². The molecular formula is C21H22F3N3O2. The molecule has 0 bridgehead atoms. The molecule has 0 aliphatic carbocycles. The predicted molar refractivity (Wildman–Crippen MR) is 104 cm³/mol. The summed E-state index contributed by atoms with van der Waals surface area (Å²) >= 11 is 0. The number of nitrogens with one attached hydrogen (secondary N) is 1. The summed E-state index contributed by atoms with van der Waals surface area (Å²) in [4.78, 5) is 15.4. The van der Waals surface area contributed by atoms with Crippen LogP contribution < -0.4 is 10.4 Å². The number of nitrogens with zero attached hydrogens (tertiary/aromatic N) is 2. The van der Waals surface area contributed by atoms with Crippen LogP contribution in [0.3, 0.4) is 0 Å². The Labute approximate surface area is 167 Å². The number of piperazine rings is 1.